The monoisotopic (exact) mass is 270 g/mol. The first-order valence-corrected chi connectivity index (χ1v) is 7.44. The lowest BCUT2D eigenvalue weighted by Crippen LogP contribution is -2.47. The van der Waals surface area contributed by atoms with E-state index in [1.165, 1.54) is 6.42 Å². The van der Waals surface area contributed by atoms with Crippen LogP contribution in [0.15, 0.2) is 0 Å². The highest BCUT2D eigenvalue weighted by Gasteiger charge is 2.26. The van der Waals surface area contributed by atoms with E-state index in [9.17, 15) is 9.90 Å². The van der Waals surface area contributed by atoms with Gasteiger partial charge in [-0.05, 0) is 44.4 Å². The maximum absolute atomic E-state index is 11.7. The summed E-state index contributed by atoms with van der Waals surface area (Å²) in [5, 5.41) is 15.6. The van der Waals surface area contributed by atoms with Gasteiger partial charge in [-0.25, -0.2) is 4.79 Å². The molecule has 2 rings (SSSR count). The van der Waals surface area contributed by atoms with Gasteiger partial charge in [-0.15, -0.1) is 0 Å². The van der Waals surface area contributed by atoms with Crippen LogP contribution in [-0.4, -0.2) is 43.0 Å². The number of hydrogen-bond acceptors (Lipinski definition) is 3. The highest BCUT2D eigenvalue weighted by molar-refractivity contribution is 5.74. The van der Waals surface area contributed by atoms with Crippen LogP contribution in [0.1, 0.15) is 44.9 Å². The fraction of sp³-hybridized carbons (Fsp3) is 0.929. The predicted molar refractivity (Wildman–Crippen MR) is 72.9 cm³/mol. The summed E-state index contributed by atoms with van der Waals surface area (Å²) >= 11 is 0. The third kappa shape index (κ3) is 4.35. The molecule has 1 unspecified atom stereocenters. The first-order valence-electron chi connectivity index (χ1n) is 7.44. The molecule has 0 aliphatic heterocycles. The molecule has 0 aromatic rings. The SMILES string of the molecule is COC1CCC(NC(=O)NCC(O)C2CCC2)CC1. The summed E-state index contributed by atoms with van der Waals surface area (Å²) in [6.07, 6.45) is 7.30. The lowest BCUT2D eigenvalue weighted by atomic mass is 9.81. The molecule has 1 atom stereocenters. The lowest BCUT2D eigenvalue weighted by molar-refractivity contribution is 0.0606. The second-order valence-electron chi connectivity index (χ2n) is 5.82. The van der Waals surface area contributed by atoms with Gasteiger partial charge in [-0.2, -0.15) is 0 Å². The average molecular weight is 270 g/mol. The van der Waals surface area contributed by atoms with Crippen molar-refractivity contribution < 1.29 is 14.6 Å². The average Bonchev–Trinajstić information content (AvgIpc) is 2.35. The Balaban J connectivity index is 1.59. The van der Waals surface area contributed by atoms with E-state index >= 15 is 0 Å². The van der Waals surface area contributed by atoms with Crippen LogP contribution in [0.3, 0.4) is 0 Å². The summed E-state index contributed by atoms with van der Waals surface area (Å²) in [7, 11) is 1.74. The number of aliphatic hydroxyl groups is 1. The Bertz CT molecular complexity index is 286. The van der Waals surface area contributed by atoms with Gasteiger partial charge in [0.25, 0.3) is 0 Å². The molecule has 0 spiro atoms. The van der Waals surface area contributed by atoms with Gasteiger partial charge in [0.05, 0.1) is 12.2 Å². The molecule has 0 aromatic carbocycles. The van der Waals surface area contributed by atoms with Crippen LogP contribution < -0.4 is 10.6 Å². The van der Waals surface area contributed by atoms with Gasteiger partial charge in [0.2, 0.25) is 0 Å². The molecule has 2 fully saturated rings. The molecular formula is C14H26N2O3. The molecule has 0 saturated heterocycles. The van der Waals surface area contributed by atoms with Crippen molar-refractivity contribution in [3.05, 3.63) is 0 Å². The maximum Gasteiger partial charge on any atom is 0.315 e. The summed E-state index contributed by atoms with van der Waals surface area (Å²) in [5.74, 6) is 0.387. The zero-order valence-electron chi connectivity index (χ0n) is 11.7. The first-order chi connectivity index (χ1) is 9.19. The third-order valence-corrected chi connectivity index (χ3v) is 4.51. The second-order valence-corrected chi connectivity index (χ2v) is 5.82. The van der Waals surface area contributed by atoms with Gasteiger partial charge >= 0.3 is 6.03 Å². The summed E-state index contributed by atoms with van der Waals surface area (Å²) < 4.78 is 5.31. The topological polar surface area (TPSA) is 70.6 Å². The Labute approximate surface area is 115 Å². The molecule has 5 heteroatoms. The lowest BCUT2D eigenvalue weighted by Gasteiger charge is -2.31. The number of methoxy groups -OCH3 is 1. The number of carbonyl (C=O) groups is 1. The Hall–Kier alpha value is -0.810. The first kappa shape index (κ1) is 14.6. The van der Waals surface area contributed by atoms with Gasteiger partial charge in [-0.1, -0.05) is 6.42 Å². The quantitative estimate of drug-likeness (QED) is 0.707. The van der Waals surface area contributed by atoms with E-state index in [0.29, 0.717) is 18.6 Å². The number of rotatable bonds is 5. The number of urea groups is 1. The van der Waals surface area contributed by atoms with Crippen molar-refractivity contribution in [3.8, 4) is 0 Å². The molecule has 2 amide bonds. The largest absolute Gasteiger partial charge is 0.391 e. The summed E-state index contributed by atoms with van der Waals surface area (Å²) in [6.45, 7) is 0.365. The molecule has 5 nitrogen and oxygen atoms in total. The second kappa shape index (κ2) is 7.10. The normalized spacial score (nSPS) is 29.4. The minimum absolute atomic E-state index is 0.153. The molecule has 0 heterocycles. The van der Waals surface area contributed by atoms with Gasteiger partial charge in [0.15, 0.2) is 0 Å². The number of aliphatic hydroxyl groups excluding tert-OH is 1. The maximum atomic E-state index is 11.7. The number of carbonyl (C=O) groups excluding carboxylic acids is 1. The minimum atomic E-state index is -0.385. The molecule has 3 N–H and O–H groups in total. The van der Waals surface area contributed by atoms with Gasteiger partial charge < -0.3 is 20.5 Å². The van der Waals surface area contributed by atoms with Gasteiger partial charge in [0, 0.05) is 19.7 Å². The fourth-order valence-corrected chi connectivity index (χ4v) is 2.87. The molecule has 0 radical (unpaired) electrons. The Morgan fingerprint density at radius 2 is 1.95 bits per heavy atom. The number of ether oxygens (including phenoxy) is 1. The van der Waals surface area contributed by atoms with E-state index < -0.39 is 0 Å². The van der Waals surface area contributed by atoms with E-state index in [1.807, 2.05) is 0 Å². The van der Waals surface area contributed by atoms with Gasteiger partial charge in [-0.3, -0.25) is 0 Å². The highest BCUT2D eigenvalue weighted by atomic mass is 16.5. The molecular weight excluding hydrogens is 244 g/mol. The zero-order valence-corrected chi connectivity index (χ0v) is 11.7. The van der Waals surface area contributed by atoms with E-state index in [-0.39, 0.29) is 18.2 Å². The molecule has 2 saturated carbocycles. The van der Waals surface area contributed by atoms with Crippen molar-refractivity contribution in [2.75, 3.05) is 13.7 Å². The third-order valence-electron chi connectivity index (χ3n) is 4.51. The Kier molecular flexibility index (Phi) is 5.45. The standard InChI is InChI=1S/C14H26N2O3/c1-19-12-7-5-11(6-8-12)16-14(18)15-9-13(17)10-3-2-4-10/h10-13,17H,2-9H2,1H3,(H2,15,16,18). The van der Waals surface area contributed by atoms with Crippen LogP contribution in [0.2, 0.25) is 0 Å². The number of amides is 2. The highest BCUT2D eigenvalue weighted by Crippen LogP contribution is 2.29. The van der Waals surface area contributed by atoms with Crippen LogP contribution in [-0.2, 0) is 4.74 Å². The van der Waals surface area contributed by atoms with E-state index in [1.54, 1.807) is 7.11 Å². The molecule has 0 bridgehead atoms. The number of hydrogen-bond donors (Lipinski definition) is 3. The van der Waals surface area contributed by atoms with Gasteiger partial charge in [0.1, 0.15) is 0 Å². The van der Waals surface area contributed by atoms with Crippen LogP contribution in [0.4, 0.5) is 4.79 Å². The van der Waals surface area contributed by atoms with Crippen LogP contribution >= 0.6 is 0 Å². The molecule has 2 aliphatic rings. The zero-order chi connectivity index (χ0) is 13.7. The van der Waals surface area contributed by atoms with Crippen molar-refractivity contribution in [3.63, 3.8) is 0 Å². The predicted octanol–water partition coefficient (Wildman–Crippen LogP) is 1.40. The van der Waals surface area contributed by atoms with E-state index in [2.05, 4.69) is 10.6 Å². The summed E-state index contributed by atoms with van der Waals surface area (Å²) in [4.78, 5) is 11.7. The Morgan fingerprint density at radius 3 is 2.47 bits per heavy atom. The van der Waals surface area contributed by atoms with Crippen molar-refractivity contribution >= 4 is 6.03 Å². The number of nitrogens with one attached hydrogen (secondary N) is 2. The summed E-state index contributed by atoms with van der Waals surface area (Å²) in [5.41, 5.74) is 0. The fourth-order valence-electron chi connectivity index (χ4n) is 2.87. The van der Waals surface area contributed by atoms with Crippen LogP contribution in [0.5, 0.6) is 0 Å². The molecule has 110 valence electrons. The van der Waals surface area contributed by atoms with Crippen LogP contribution in [0, 0.1) is 5.92 Å². The molecule has 19 heavy (non-hydrogen) atoms. The van der Waals surface area contributed by atoms with E-state index in [4.69, 9.17) is 4.74 Å². The van der Waals surface area contributed by atoms with Crippen molar-refractivity contribution in [1.29, 1.82) is 0 Å². The van der Waals surface area contributed by atoms with Crippen LogP contribution in [0.25, 0.3) is 0 Å². The molecule has 2 aliphatic carbocycles. The van der Waals surface area contributed by atoms with Crippen molar-refractivity contribution in [2.24, 2.45) is 5.92 Å². The van der Waals surface area contributed by atoms with Crippen molar-refractivity contribution in [2.45, 2.75) is 63.2 Å². The molecule has 0 aromatic heterocycles. The Morgan fingerprint density at radius 1 is 1.26 bits per heavy atom. The smallest absolute Gasteiger partial charge is 0.315 e. The van der Waals surface area contributed by atoms with Crippen molar-refractivity contribution in [1.82, 2.24) is 10.6 Å². The van der Waals surface area contributed by atoms with E-state index in [0.717, 1.165) is 38.5 Å². The summed E-state index contributed by atoms with van der Waals surface area (Å²) in [6, 6.07) is 0.0893. The minimum Gasteiger partial charge on any atom is -0.391 e.